The van der Waals surface area contributed by atoms with Crippen molar-refractivity contribution in [2.45, 2.75) is 31.4 Å². The highest BCUT2D eigenvalue weighted by molar-refractivity contribution is 5.46. The Labute approximate surface area is 143 Å². The molecule has 0 radical (unpaired) electrons. The molecule has 2 N–H and O–H groups in total. The van der Waals surface area contributed by atoms with Crippen LogP contribution in [0.1, 0.15) is 29.5 Å². The Morgan fingerprint density at radius 3 is 2.71 bits per heavy atom. The third-order valence-corrected chi connectivity index (χ3v) is 4.77. The average molecular weight is 327 g/mol. The van der Waals surface area contributed by atoms with Crippen LogP contribution in [0.25, 0.3) is 0 Å². The van der Waals surface area contributed by atoms with Crippen LogP contribution in [0.2, 0.25) is 0 Å². The van der Waals surface area contributed by atoms with Gasteiger partial charge >= 0.3 is 0 Å². The summed E-state index contributed by atoms with van der Waals surface area (Å²) in [6.07, 6.45) is 2.84. The fourth-order valence-corrected chi connectivity index (χ4v) is 3.58. The Hall–Kier alpha value is -2.04. The normalized spacial score (nSPS) is 19.6. The standard InChI is InChI=1S/C20H25NO3/c1-23-18-11-5-8-16(19(18)24-2)13-21-14-20(22)12-6-9-15-7-3-4-10-17(15)20/h3-5,7-8,10-11,21-22H,6,9,12-14H2,1-2H3. The zero-order valence-electron chi connectivity index (χ0n) is 14.3. The van der Waals surface area contributed by atoms with Gasteiger partial charge in [-0.05, 0) is 36.5 Å². The average Bonchev–Trinajstić information content (AvgIpc) is 2.62. The van der Waals surface area contributed by atoms with Gasteiger partial charge in [-0.15, -0.1) is 0 Å². The first-order valence-electron chi connectivity index (χ1n) is 8.39. The highest BCUT2D eigenvalue weighted by Crippen LogP contribution is 2.35. The number of hydrogen-bond acceptors (Lipinski definition) is 4. The monoisotopic (exact) mass is 327 g/mol. The molecule has 0 aromatic heterocycles. The maximum Gasteiger partial charge on any atom is 0.165 e. The molecule has 0 fully saturated rings. The molecular weight excluding hydrogens is 302 g/mol. The van der Waals surface area contributed by atoms with Gasteiger partial charge in [0, 0.05) is 18.7 Å². The molecule has 24 heavy (non-hydrogen) atoms. The van der Waals surface area contributed by atoms with E-state index in [1.807, 2.05) is 36.4 Å². The lowest BCUT2D eigenvalue weighted by Crippen LogP contribution is -2.40. The first kappa shape index (κ1) is 16.8. The van der Waals surface area contributed by atoms with Gasteiger partial charge in [-0.3, -0.25) is 0 Å². The lowest BCUT2D eigenvalue weighted by atomic mass is 9.79. The molecule has 2 aromatic carbocycles. The van der Waals surface area contributed by atoms with Crippen molar-refractivity contribution in [2.75, 3.05) is 20.8 Å². The van der Waals surface area contributed by atoms with Gasteiger partial charge in [0.05, 0.1) is 14.2 Å². The van der Waals surface area contributed by atoms with Crippen molar-refractivity contribution in [3.8, 4) is 11.5 Å². The molecule has 0 saturated carbocycles. The van der Waals surface area contributed by atoms with Gasteiger partial charge in [-0.25, -0.2) is 0 Å². The summed E-state index contributed by atoms with van der Waals surface area (Å²) in [7, 11) is 3.28. The molecule has 1 aliphatic carbocycles. The highest BCUT2D eigenvalue weighted by atomic mass is 16.5. The van der Waals surface area contributed by atoms with Gasteiger partial charge in [0.1, 0.15) is 5.60 Å². The van der Waals surface area contributed by atoms with E-state index < -0.39 is 5.60 Å². The van der Waals surface area contributed by atoms with Crippen molar-refractivity contribution in [1.82, 2.24) is 5.32 Å². The van der Waals surface area contributed by atoms with E-state index in [0.717, 1.165) is 41.9 Å². The van der Waals surface area contributed by atoms with Crippen LogP contribution < -0.4 is 14.8 Å². The molecule has 3 rings (SSSR count). The number of nitrogens with one attached hydrogen (secondary N) is 1. The molecule has 1 aliphatic rings. The van der Waals surface area contributed by atoms with Crippen molar-refractivity contribution >= 4 is 0 Å². The molecule has 0 aliphatic heterocycles. The van der Waals surface area contributed by atoms with Crippen LogP contribution >= 0.6 is 0 Å². The number of fused-ring (bicyclic) bond motifs is 1. The number of methoxy groups -OCH3 is 2. The molecule has 128 valence electrons. The van der Waals surface area contributed by atoms with Gasteiger partial charge in [0.2, 0.25) is 0 Å². The number of para-hydroxylation sites is 1. The smallest absolute Gasteiger partial charge is 0.165 e. The fourth-order valence-electron chi connectivity index (χ4n) is 3.58. The third kappa shape index (κ3) is 3.25. The molecule has 1 unspecified atom stereocenters. The van der Waals surface area contributed by atoms with E-state index in [4.69, 9.17) is 9.47 Å². The zero-order valence-corrected chi connectivity index (χ0v) is 14.3. The molecule has 0 saturated heterocycles. The van der Waals surface area contributed by atoms with Crippen LogP contribution in [0.4, 0.5) is 0 Å². The van der Waals surface area contributed by atoms with Gasteiger partial charge in [0.15, 0.2) is 11.5 Å². The lowest BCUT2D eigenvalue weighted by Gasteiger charge is -2.35. The summed E-state index contributed by atoms with van der Waals surface area (Å²) < 4.78 is 10.8. The second-order valence-electron chi connectivity index (χ2n) is 6.30. The van der Waals surface area contributed by atoms with Crippen molar-refractivity contribution in [3.05, 3.63) is 59.2 Å². The Balaban J connectivity index is 1.71. The summed E-state index contributed by atoms with van der Waals surface area (Å²) in [5, 5.41) is 14.5. The van der Waals surface area contributed by atoms with E-state index in [0.29, 0.717) is 13.1 Å². The molecule has 0 heterocycles. The van der Waals surface area contributed by atoms with Crippen LogP contribution in [0, 0.1) is 0 Å². The third-order valence-electron chi connectivity index (χ3n) is 4.77. The second-order valence-corrected chi connectivity index (χ2v) is 6.30. The number of rotatable bonds is 6. The summed E-state index contributed by atoms with van der Waals surface area (Å²) in [5.74, 6) is 1.46. The minimum absolute atomic E-state index is 0.518. The predicted octanol–water partition coefficient (Wildman–Crippen LogP) is 3.02. The Bertz CT molecular complexity index is 701. The minimum atomic E-state index is -0.805. The summed E-state index contributed by atoms with van der Waals surface area (Å²) in [6, 6.07) is 14.0. The van der Waals surface area contributed by atoms with Crippen LogP contribution in [0.15, 0.2) is 42.5 Å². The zero-order chi connectivity index (χ0) is 17.0. The lowest BCUT2D eigenvalue weighted by molar-refractivity contribution is 0.0189. The Morgan fingerprint density at radius 2 is 1.92 bits per heavy atom. The largest absolute Gasteiger partial charge is 0.493 e. The van der Waals surface area contributed by atoms with Crippen LogP contribution in [-0.4, -0.2) is 25.9 Å². The summed E-state index contributed by atoms with van der Waals surface area (Å²) in [4.78, 5) is 0. The van der Waals surface area contributed by atoms with E-state index in [1.165, 1.54) is 5.56 Å². The summed E-state index contributed by atoms with van der Waals surface area (Å²) >= 11 is 0. The van der Waals surface area contributed by atoms with Crippen molar-refractivity contribution in [3.63, 3.8) is 0 Å². The van der Waals surface area contributed by atoms with E-state index in [-0.39, 0.29) is 0 Å². The van der Waals surface area contributed by atoms with Crippen molar-refractivity contribution in [2.24, 2.45) is 0 Å². The highest BCUT2D eigenvalue weighted by Gasteiger charge is 2.33. The molecule has 0 bridgehead atoms. The molecule has 4 nitrogen and oxygen atoms in total. The van der Waals surface area contributed by atoms with Crippen molar-refractivity contribution < 1.29 is 14.6 Å². The number of aliphatic hydroxyl groups is 1. The van der Waals surface area contributed by atoms with Crippen molar-refractivity contribution in [1.29, 1.82) is 0 Å². The van der Waals surface area contributed by atoms with Gasteiger partial charge in [-0.2, -0.15) is 0 Å². The maximum absolute atomic E-state index is 11.1. The minimum Gasteiger partial charge on any atom is -0.493 e. The second kappa shape index (κ2) is 7.24. The first-order valence-corrected chi connectivity index (χ1v) is 8.39. The summed E-state index contributed by atoms with van der Waals surface area (Å²) in [6.45, 7) is 1.13. The number of ether oxygens (including phenoxy) is 2. The molecule has 2 aromatic rings. The predicted molar refractivity (Wildman–Crippen MR) is 94.5 cm³/mol. The Kier molecular flexibility index (Phi) is 5.07. The fraction of sp³-hybridized carbons (Fsp3) is 0.400. The van der Waals surface area contributed by atoms with Crippen LogP contribution in [-0.2, 0) is 18.6 Å². The SMILES string of the molecule is COc1cccc(CNCC2(O)CCCc3ccccc32)c1OC. The van der Waals surface area contributed by atoms with Gasteiger partial charge < -0.3 is 19.9 Å². The van der Waals surface area contributed by atoms with E-state index in [2.05, 4.69) is 11.4 Å². The Morgan fingerprint density at radius 1 is 1.08 bits per heavy atom. The molecule has 0 spiro atoms. The number of aryl methyl sites for hydroxylation is 1. The van der Waals surface area contributed by atoms with E-state index in [9.17, 15) is 5.11 Å². The topological polar surface area (TPSA) is 50.7 Å². The van der Waals surface area contributed by atoms with Gasteiger partial charge in [-0.1, -0.05) is 36.4 Å². The van der Waals surface area contributed by atoms with E-state index >= 15 is 0 Å². The molecule has 0 amide bonds. The van der Waals surface area contributed by atoms with Gasteiger partial charge in [0.25, 0.3) is 0 Å². The molecule has 4 heteroatoms. The molecular formula is C20H25NO3. The molecule has 1 atom stereocenters. The quantitative estimate of drug-likeness (QED) is 0.856. The first-order chi connectivity index (χ1) is 11.7. The van der Waals surface area contributed by atoms with E-state index in [1.54, 1.807) is 14.2 Å². The maximum atomic E-state index is 11.1. The number of hydrogen-bond donors (Lipinski definition) is 2. The number of benzene rings is 2. The van der Waals surface area contributed by atoms with Crippen LogP contribution in [0.3, 0.4) is 0 Å². The summed E-state index contributed by atoms with van der Waals surface area (Å²) in [5.41, 5.74) is 2.53. The van der Waals surface area contributed by atoms with Crippen LogP contribution in [0.5, 0.6) is 11.5 Å².